The minimum absolute atomic E-state index is 0.115. The number of thiazole rings is 1. The van der Waals surface area contributed by atoms with Gasteiger partial charge in [-0.1, -0.05) is 31.4 Å². The van der Waals surface area contributed by atoms with Crippen LogP contribution in [0.3, 0.4) is 0 Å². The van der Waals surface area contributed by atoms with E-state index in [4.69, 9.17) is 5.26 Å². The third kappa shape index (κ3) is 6.90. The van der Waals surface area contributed by atoms with Crippen LogP contribution in [0.4, 0.5) is 10.1 Å². The van der Waals surface area contributed by atoms with Gasteiger partial charge < -0.3 is 10.2 Å². The maximum absolute atomic E-state index is 14.3. The summed E-state index contributed by atoms with van der Waals surface area (Å²) in [5.74, 6) is 1.86. The Morgan fingerprint density at radius 1 is 1.02 bits per heavy atom. The lowest BCUT2D eigenvalue weighted by atomic mass is 9.88. The minimum Gasteiger partial charge on any atom is -0.370 e. The smallest absolute Gasteiger partial charge is 0.224 e. The average molecular weight is 606 g/mol. The molecule has 3 heterocycles. The molecule has 7 rings (SSSR count). The zero-order valence-electron chi connectivity index (χ0n) is 23.7. The SMILES string of the molecule is N#CC1(NC(=O)C2CCCCC2)CC1.O=S1CCN(c2ccc(-c3cnc(-c4cnc(C5CC5)c(F)c4)s3)cc2)CC1. The van der Waals surface area contributed by atoms with Gasteiger partial charge in [-0.15, -0.1) is 11.3 Å². The zero-order valence-corrected chi connectivity index (χ0v) is 25.3. The van der Waals surface area contributed by atoms with Gasteiger partial charge in [-0.2, -0.15) is 5.26 Å². The summed E-state index contributed by atoms with van der Waals surface area (Å²) in [6.45, 7) is 1.68. The summed E-state index contributed by atoms with van der Waals surface area (Å²) in [6, 6.07) is 12.1. The normalized spacial score (nSPS) is 20.2. The van der Waals surface area contributed by atoms with Gasteiger partial charge in [0, 0.05) is 70.9 Å². The molecule has 3 aromatic rings. The van der Waals surface area contributed by atoms with E-state index in [1.54, 1.807) is 23.6 Å². The van der Waals surface area contributed by atoms with Gasteiger partial charge >= 0.3 is 0 Å². The number of nitriles is 1. The number of nitrogens with one attached hydrogen (secondary N) is 1. The van der Waals surface area contributed by atoms with Crippen molar-refractivity contribution in [2.24, 2.45) is 5.92 Å². The fraction of sp³-hybridized carbons (Fsp3) is 0.500. The van der Waals surface area contributed by atoms with E-state index in [1.165, 1.54) is 6.42 Å². The first kappa shape index (κ1) is 28.9. The molecule has 42 heavy (non-hydrogen) atoms. The highest BCUT2D eigenvalue weighted by Gasteiger charge is 2.45. The number of pyridine rings is 1. The highest BCUT2D eigenvalue weighted by Crippen LogP contribution is 2.41. The Bertz CT molecular complexity index is 1480. The molecule has 2 aromatic heterocycles. The van der Waals surface area contributed by atoms with E-state index in [0.29, 0.717) is 11.6 Å². The van der Waals surface area contributed by atoms with Crippen LogP contribution in [0.2, 0.25) is 0 Å². The van der Waals surface area contributed by atoms with Crippen LogP contribution in [0.5, 0.6) is 0 Å². The highest BCUT2D eigenvalue weighted by molar-refractivity contribution is 7.85. The second-order valence-electron chi connectivity index (χ2n) is 11.8. The number of hydrogen-bond donors (Lipinski definition) is 1. The van der Waals surface area contributed by atoms with Gasteiger partial charge in [0.25, 0.3) is 0 Å². The van der Waals surface area contributed by atoms with Crippen molar-refractivity contribution in [3.05, 3.63) is 54.2 Å². The molecule has 0 spiro atoms. The lowest BCUT2D eigenvalue weighted by Crippen LogP contribution is -2.40. The molecule has 220 valence electrons. The first-order valence-corrected chi connectivity index (χ1v) is 17.3. The van der Waals surface area contributed by atoms with Crippen LogP contribution in [0.15, 0.2) is 42.7 Å². The zero-order chi connectivity index (χ0) is 29.1. The lowest BCUT2D eigenvalue weighted by molar-refractivity contribution is -0.126. The first-order chi connectivity index (χ1) is 20.4. The third-order valence-corrected chi connectivity index (χ3v) is 11.0. The van der Waals surface area contributed by atoms with Crippen LogP contribution in [0, 0.1) is 23.1 Å². The highest BCUT2D eigenvalue weighted by atomic mass is 32.2. The summed E-state index contributed by atoms with van der Waals surface area (Å²) in [5.41, 5.74) is 3.10. The van der Waals surface area contributed by atoms with E-state index < -0.39 is 16.3 Å². The fourth-order valence-electron chi connectivity index (χ4n) is 5.59. The number of rotatable bonds is 6. The molecule has 1 N–H and O–H groups in total. The summed E-state index contributed by atoms with van der Waals surface area (Å²) in [5, 5.41) is 12.5. The van der Waals surface area contributed by atoms with Crippen LogP contribution in [-0.4, -0.2) is 50.2 Å². The average Bonchev–Trinajstić information content (AvgIpc) is 3.96. The number of anilines is 1. The van der Waals surface area contributed by atoms with Crippen molar-refractivity contribution >= 4 is 33.7 Å². The van der Waals surface area contributed by atoms with E-state index in [9.17, 15) is 13.4 Å². The van der Waals surface area contributed by atoms with Crippen molar-refractivity contribution < 1.29 is 13.4 Å². The summed E-state index contributed by atoms with van der Waals surface area (Å²) in [4.78, 5) is 23.9. The number of benzene rings is 1. The Morgan fingerprint density at radius 3 is 2.36 bits per heavy atom. The number of carbonyl (C=O) groups is 1. The standard InChI is InChI=1S/C21H20FN3OS2.C11H16N2O/c22-18-11-16(12-23-20(18)15-1-2-15)21-24-13-19(27-21)14-3-5-17(6-4-14)25-7-9-28(26)10-8-25;12-8-11(6-7-11)13-10(14)9-4-2-1-3-5-9/h3-6,11-13,15H,1-2,7-10H2;9H,1-7H2,(H,13,14). The number of hydrogen-bond acceptors (Lipinski definition) is 7. The molecule has 10 heteroatoms. The molecule has 0 unspecified atom stereocenters. The van der Waals surface area contributed by atoms with Crippen molar-refractivity contribution in [1.29, 1.82) is 5.26 Å². The van der Waals surface area contributed by atoms with E-state index in [1.807, 2.05) is 6.20 Å². The van der Waals surface area contributed by atoms with Crippen molar-refractivity contribution in [3.63, 3.8) is 0 Å². The minimum atomic E-state index is -0.667. The van der Waals surface area contributed by atoms with Gasteiger partial charge in [0.15, 0.2) is 0 Å². The van der Waals surface area contributed by atoms with Gasteiger partial charge in [0.1, 0.15) is 16.4 Å². The molecule has 0 bridgehead atoms. The quantitative estimate of drug-likeness (QED) is 0.360. The molecule has 1 aromatic carbocycles. The van der Waals surface area contributed by atoms with Crippen LogP contribution in [0.1, 0.15) is 69.4 Å². The summed E-state index contributed by atoms with van der Waals surface area (Å²) in [7, 11) is -0.667. The molecule has 1 saturated heterocycles. The van der Waals surface area contributed by atoms with Gasteiger partial charge in [-0.3, -0.25) is 14.0 Å². The maximum atomic E-state index is 14.3. The Morgan fingerprint density at radius 2 is 1.74 bits per heavy atom. The largest absolute Gasteiger partial charge is 0.370 e. The predicted molar refractivity (Wildman–Crippen MR) is 165 cm³/mol. The van der Waals surface area contributed by atoms with E-state index in [-0.39, 0.29) is 17.6 Å². The van der Waals surface area contributed by atoms with Gasteiger partial charge in [0.2, 0.25) is 5.91 Å². The van der Waals surface area contributed by atoms with Gasteiger partial charge in [0.05, 0.1) is 16.6 Å². The Balaban J connectivity index is 0.000000189. The monoisotopic (exact) mass is 605 g/mol. The fourth-order valence-corrected chi connectivity index (χ4v) is 7.54. The van der Waals surface area contributed by atoms with Crippen molar-refractivity contribution in [1.82, 2.24) is 15.3 Å². The molecule has 0 radical (unpaired) electrons. The number of halogens is 1. The Labute approximate surface area is 253 Å². The molecule has 4 fully saturated rings. The summed E-state index contributed by atoms with van der Waals surface area (Å²) < 4.78 is 25.8. The van der Waals surface area contributed by atoms with Crippen LogP contribution in [0.25, 0.3) is 21.0 Å². The van der Waals surface area contributed by atoms with Crippen molar-refractivity contribution in [2.75, 3.05) is 29.5 Å². The van der Waals surface area contributed by atoms with E-state index in [2.05, 4.69) is 50.5 Å². The molecule has 7 nitrogen and oxygen atoms in total. The second kappa shape index (κ2) is 12.6. The van der Waals surface area contributed by atoms with Crippen molar-refractivity contribution in [2.45, 2.75) is 69.2 Å². The number of aromatic nitrogens is 2. The molecule has 1 amide bonds. The molecule has 3 aliphatic carbocycles. The van der Waals surface area contributed by atoms with Crippen LogP contribution >= 0.6 is 11.3 Å². The maximum Gasteiger partial charge on any atom is 0.224 e. The molecular formula is C32H36FN5O2S2. The number of nitrogens with zero attached hydrogens (tertiary/aromatic N) is 4. The van der Waals surface area contributed by atoms with E-state index in [0.717, 1.165) is 103 Å². The van der Waals surface area contributed by atoms with Gasteiger partial charge in [-0.05, 0) is 62.3 Å². The topological polar surface area (TPSA) is 99.0 Å². The lowest BCUT2D eigenvalue weighted by Gasteiger charge is -2.28. The van der Waals surface area contributed by atoms with Crippen LogP contribution in [-0.2, 0) is 15.6 Å². The predicted octanol–water partition coefficient (Wildman–Crippen LogP) is 6.20. The summed E-state index contributed by atoms with van der Waals surface area (Å²) in [6.07, 6.45) is 12.9. The second-order valence-corrected chi connectivity index (χ2v) is 14.5. The number of amides is 1. The third-order valence-electron chi connectivity index (χ3n) is 8.58. The van der Waals surface area contributed by atoms with E-state index >= 15 is 0 Å². The molecule has 0 atom stereocenters. The number of carbonyl (C=O) groups excluding carboxylic acids is 1. The Hall–Kier alpha value is -3.16. The molecular weight excluding hydrogens is 570 g/mol. The van der Waals surface area contributed by atoms with Crippen LogP contribution < -0.4 is 10.2 Å². The summed E-state index contributed by atoms with van der Waals surface area (Å²) >= 11 is 1.55. The first-order valence-electron chi connectivity index (χ1n) is 15.0. The molecule has 3 saturated carbocycles. The molecule has 1 aliphatic heterocycles. The van der Waals surface area contributed by atoms with Gasteiger partial charge in [-0.25, -0.2) is 9.37 Å². The molecule has 4 aliphatic rings. The van der Waals surface area contributed by atoms with Crippen molar-refractivity contribution in [3.8, 4) is 27.1 Å². The Kier molecular flexibility index (Phi) is 8.68.